The maximum Gasteiger partial charge on any atom is 0.255 e. The fourth-order valence-electron chi connectivity index (χ4n) is 2.53. The summed E-state index contributed by atoms with van der Waals surface area (Å²) in [5, 5.41) is 2.74. The number of carbonyl (C=O) groups is 1. The quantitative estimate of drug-likeness (QED) is 0.641. The molecule has 0 saturated carbocycles. The van der Waals surface area contributed by atoms with Crippen LogP contribution in [0.25, 0.3) is 0 Å². The van der Waals surface area contributed by atoms with Gasteiger partial charge in [-0.1, -0.05) is 36.4 Å². The number of hydrogen-bond donors (Lipinski definition) is 2. The molecule has 0 radical (unpaired) electrons. The van der Waals surface area contributed by atoms with E-state index in [1.165, 1.54) is 12.1 Å². The predicted octanol–water partition coefficient (Wildman–Crippen LogP) is 3.43. The molecule has 0 fully saturated rings. The Balaban J connectivity index is 1.71. The number of para-hydroxylation sites is 1. The van der Waals surface area contributed by atoms with Gasteiger partial charge in [0.05, 0.1) is 12.0 Å². The smallest absolute Gasteiger partial charge is 0.255 e. The van der Waals surface area contributed by atoms with Crippen LogP contribution in [-0.4, -0.2) is 21.4 Å². The fraction of sp³-hybridized carbons (Fsp3) is 0.0952. The van der Waals surface area contributed by atoms with Crippen LogP contribution in [0.4, 0.5) is 5.69 Å². The molecule has 3 aromatic rings. The van der Waals surface area contributed by atoms with Crippen molar-refractivity contribution in [3.8, 4) is 5.75 Å². The third-order valence-electron chi connectivity index (χ3n) is 4.06. The summed E-state index contributed by atoms with van der Waals surface area (Å²) < 4.78 is 32.8. The van der Waals surface area contributed by atoms with Gasteiger partial charge in [-0.25, -0.2) is 13.1 Å². The molecule has 0 aliphatic carbocycles. The largest absolute Gasteiger partial charge is 0.497 e. The highest BCUT2D eigenvalue weighted by Gasteiger charge is 2.16. The van der Waals surface area contributed by atoms with Gasteiger partial charge in [-0.2, -0.15) is 0 Å². The number of ether oxygens (including phenoxy) is 1. The van der Waals surface area contributed by atoms with E-state index in [9.17, 15) is 13.2 Å². The average molecular weight is 396 g/mol. The van der Waals surface area contributed by atoms with Gasteiger partial charge < -0.3 is 10.1 Å². The molecule has 6 nitrogen and oxygen atoms in total. The van der Waals surface area contributed by atoms with Gasteiger partial charge in [-0.3, -0.25) is 4.79 Å². The number of benzene rings is 3. The van der Waals surface area contributed by atoms with Crippen LogP contribution in [0.2, 0.25) is 0 Å². The van der Waals surface area contributed by atoms with Crippen LogP contribution in [0.5, 0.6) is 5.75 Å². The lowest BCUT2D eigenvalue weighted by atomic mass is 10.2. The van der Waals surface area contributed by atoms with Crippen LogP contribution in [0.3, 0.4) is 0 Å². The van der Waals surface area contributed by atoms with E-state index in [2.05, 4.69) is 10.0 Å². The van der Waals surface area contributed by atoms with E-state index in [1.54, 1.807) is 67.8 Å². The van der Waals surface area contributed by atoms with Gasteiger partial charge in [0.25, 0.3) is 5.91 Å². The molecule has 3 rings (SSSR count). The summed E-state index contributed by atoms with van der Waals surface area (Å²) >= 11 is 0. The van der Waals surface area contributed by atoms with E-state index in [0.29, 0.717) is 11.4 Å². The number of anilines is 1. The van der Waals surface area contributed by atoms with Crippen molar-refractivity contribution in [2.24, 2.45) is 0 Å². The van der Waals surface area contributed by atoms with Gasteiger partial charge in [0.15, 0.2) is 0 Å². The number of nitrogens with one attached hydrogen (secondary N) is 2. The molecule has 0 aromatic heterocycles. The molecule has 0 spiro atoms. The van der Waals surface area contributed by atoms with Crippen LogP contribution in [-0.2, 0) is 16.6 Å². The summed E-state index contributed by atoms with van der Waals surface area (Å²) in [5.41, 5.74) is 1.69. The van der Waals surface area contributed by atoms with Crippen molar-refractivity contribution in [2.45, 2.75) is 11.4 Å². The minimum atomic E-state index is -3.76. The minimum absolute atomic E-state index is 0.0294. The van der Waals surface area contributed by atoms with Crippen molar-refractivity contribution in [2.75, 3.05) is 12.4 Å². The van der Waals surface area contributed by atoms with Crippen molar-refractivity contribution >= 4 is 21.6 Å². The van der Waals surface area contributed by atoms with Crippen molar-refractivity contribution < 1.29 is 17.9 Å². The van der Waals surface area contributed by atoms with E-state index in [4.69, 9.17) is 4.74 Å². The predicted molar refractivity (Wildman–Crippen MR) is 108 cm³/mol. The number of rotatable bonds is 7. The summed E-state index contributed by atoms with van der Waals surface area (Å²) in [7, 11) is -2.20. The molecule has 7 heteroatoms. The molecule has 144 valence electrons. The highest BCUT2D eigenvalue weighted by molar-refractivity contribution is 7.89. The van der Waals surface area contributed by atoms with E-state index >= 15 is 0 Å². The highest BCUT2D eigenvalue weighted by Crippen LogP contribution is 2.15. The summed E-state index contributed by atoms with van der Waals surface area (Å²) in [4.78, 5) is 12.4. The normalized spacial score (nSPS) is 11.0. The maximum atomic E-state index is 12.6. The molecule has 0 unspecified atom stereocenters. The first-order valence-corrected chi connectivity index (χ1v) is 10.1. The second kappa shape index (κ2) is 8.69. The van der Waals surface area contributed by atoms with Gasteiger partial charge in [-0.15, -0.1) is 0 Å². The zero-order valence-electron chi connectivity index (χ0n) is 15.3. The van der Waals surface area contributed by atoms with Crippen molar-refractivity contribution in [1.29, 1.82) is 0 Å². The van der Waals surface area contributed by atoms with Crippen LogP contribution < -0.4 is 14.8 Å². The Kier molecular flexibility index (Phi) is 6.08. The van der Waals surface area contributed by atoms with Gasteiger partial charge in [-0.05, 0) is 48.0 Å². The molecule has 0 aliphatic heterocycles. The standard InChI is InChI=1S/C21H20N2O4S/c1-27-19-12-10-16(11-13-19)15-22-28(25,26)20-9-5-6-17(14-20)21(24)23-18-7-3-2-4-8-18/h2-14,22H,15H2,1H3,(H,23,24). The Labute approximate surface area is 164 Å². The first-order chi connectivity index (χ1) is 13.5. The first kappa shape index (κ1) is 19.6. The molecule has 1 amide bonds. The molecule has 0 bridgehead atoms. The Morgan fingerprint density at radius 1 is 0.929 bits per heavy atom. The summed E-state index contributed by atoms with van der Waals surface area (Å²) in [6, 6.07) is 22.0. The lowest BCUT2D eigenvalue weighted by Crippen LogP contribution is -2.23. The second-order valence-corrected chi connectivity index (χ2v) is 7.79. The average Bonchev–Trinajstić information content (AvgIpc) is 2.73. The number of carbonyl (C=O) groups excluding carboxylic acids is 1. The third kappa shape index (κ3) is 4.97. The Hall–Kier alpha value is -3.16. The summed E-state index contributed by atoms with van der Waals surface area (Å²) in [6.07, 6.45) is 0. The van der Waals surface area contributed by atoms with Gasteiger partial charge in [0.1, 0.15) is 5.75 Å². The topological polar surface area (TPSA) is 84.5 Å². The van der Waals surface area contributed by atoms with Gasteiger partial charge >= 0.3 is 0 Å². The Bertz CT molecular complexity index is 1050. The van der Waals surface area contributed by atoms with Gasteiger partial charge in [0.2, 0.25) is 10.0 Å². The molecular weight excluding hydrogens is 376 g/mol. The zero-order valence-corrected chi connectivity index (χ0v) is 16.1. The van der Waals surface area contributed by atoms with Crippen LogP contribution in [0, 0.1) is 0 Å². The molecule has 2 N–H and O–H groups in total. The maximum absolute atomic E-state index is 12.6. The first-order valence-electron chi connectivity index (χ1n) is 8.57. The lowest BCUT2D eigenvalue weighted by Gasteiger charge is -2.09. The van der Waals surface area contributed by atoms with Crippen LogP contribution >= 0.6 is 0 Å². The molecule has 28 heavy (non-hydrogen) atoms. The fourth-order valence-corrected chi connectivity index (χ4v) is 3.60. The zero-order chi connectivity index (χ0) is 20.0. The lowest BCUT2D eigenvalue weighted by molar-refractivity contribution is 0.102. The molecule has 3 aromatic carbocycles. The van der Waals surface area contributed by atoms with E-state index in [0.717, 1.165) is 5.56 Å². The van der Waals surface area contributed by atoms with Crippen molar-refractivity contribution in [1.82, 2.24) is 4.72 Å². The molecular formula is C21H20N2O4S. The summed E-state index contributed by atoms with van der Waals surface area (Å²) in [6.45, 7) is 0.132. The molecule has 0 heterocycles. The SMILES string of the molecule is COc1ccc(CNS(=O)(=O)c2cccc(C(=O)Nc3ccccc3)c2)cc1. The van der Waals surface area contributed by atoms with Crippen molar-refractivity contribution in [3.63, 3.8) is 0 Å². The Morgan fingerprint density at radius 2 is 1.64 bits per heavy atom. The monoisotopic (exact) mass is 396 g/mol. The Morgan fingerprint density at radius 3 is 2.32 bits per heavy atom. The number of methoxy groups -OCH3 is 1. The summed E-state index contributed by atoms with van der Waals surface area (Å²) in [5.74, 6) is 0.321. The van der Waals surface area contributed by atoms with E-state index in [1.807, 2.05) is 6.07 Å². The molecule has 0 aliphatic rings. The minimum Gasteiger partial charge on any atom is -0.497 e. The number of hydrogen-bond acceptors (Lipinski definition) is 4. The van der Waals surface area contributed by atoms with E-state index in [-0.39, 0.29) is 22.9 Å². The highest BCUT2D eigenvalue weighted by atomic mass is 32.2. The van der Waals surface area contributed by atoms with E-state index < -0.39 is 10.0 Å². The van der Waals surface area contributed by atoms with Crippen LogP contribution in [0.1, 0.15) is 15.9 Å². The number of amides is 1. The van der Waals surface area contributed by atoms with Gasteiger partial charge in [0, 0.05) is 17.8 Å². The third-order valence-corrected chi connectivity index (χ3v) is 5.46. The van der Waals surface area contributed by atoms with Crippen molar-refractivity contribution in [3.05, 3.63) is 90.0 Å². The molecule has 0 saturated heterocycles. The molecule has 0 atom stereocenters. The second-order valence-electron chi connectivity index (χ2n) is 6.02. The number of sulfonamides is 1. The van der Waals surface area contributed by atoms with Crippen LogP contribution in [0.15, 0.2) is 83.8 Å².